The monoisotopic (exact) mass is 212 g/mol. The minimum atomic E-state index is -2.37. The average molecular weight is 212 g/mol. The summed E-state index contributed by atoms with van der Waals surface area (Å²) in [5, 5.41) is 2.29. The maximum atomic E-state index is 12.6. The highest BCUT2D eigenvalue weighted by Crippen LogP contribution is 2.35. The van der Waals surface area contributed by atoms with Gasteiger partial charge in [0.15, 0.2) is 0 Å². The fourth-order valence-electron chi connectivity index (χ4n) is 1.74. The number of hydrogen-bond donors (Lipinski definition) is 0. The summed E-state index contributed by atoms with van der Waals surface area (Å²) in [6.07, 6.45) is -2.37. The zero-order valence-electron chi connectivity index (χ0n) is 7.97. The van der Waals surface area contributed by atoms with Crippen LogP contribution in [0.4, 0.5) is 8.78 Å². The molecule has 0 N–H and O–H groups in total. The molecule has 0 bridgehead atoms. The van der Waals surface area contributed by atoms with E-state index in [1.165, 1.54) is 11.3 Å². The lowest BCUT2D eigenvalue weighted by Gasteiger charge is -2.02. The van der Waals surface area contributed by atoms with Gasteiger partial charge < -0.3 is 0 Å². The summed E-state index contributed by atoms with van der Waals surface area (Å²) in [5.41, 5.74) is 2.23. The number of thiophene rings is 1. The van der Waals surface area contributed by atoms with Gasteiger partial charge in [-0.2, -0.15) is 0 Å². The maximum absolute atomic E-state index is 12.6. The Bertz CT molecular complexity index is 471. The maximum Gasteiger partial charge on any atom is 0.265 e. The molecule has 3 heteroatoms. The zero-order chi connectivity index (χ0) is 10.3. The van der Waals surface area contributed by atoms with Crippen molar-refractivity contribution in [1.29, 1.82) is 0 Å². The molecule has 0 aliphatic carbocycles. The lowest BCUT2D eigenvalue weighted by molar-refractivity contribution is 0.153. The molecule has 1 aromatic heterocycles. The van der Waals surface area contributed by atoms with Crippen LogP contribution in [0.25, 0.3) is 10.1 Å². The van der Waals surface area contributed by atoms with Crippen molar-refractivity contribution in [2.24, 2.45) is 0 Å². The summed E-state index contributed by atoms with van der Waals surface area (Å²) in [4.78, 5) is 0. The molecule has 0 radical (unpaired) electrons. The Morgan fingerprint density at radius 2 is 1.93 bits per heavy atom. The second-order valence-electron chi connectivity index (χ2n) is 3.45. The van der Waals surface area contributed by atoms with Crippen molar-refractivity contribution in [2.45, 2.75) is 20.3 Å². The molecule has 0 unspecified atom stereocenters. The van der Waals surface area contributed by atoms with E-state index >= 15 is 0 Å². The van der Waals surface area contributed by atoms with Crippen LogP contribution in [0.3, 0.4) is 0 Å². The first-order valence-corrected chi connectivity index (χ1v) is 5.24. The molecule has 0 amide bonds. The minimum absolute atomic E-state index is 0.169. The highest BCUT2D eigenvalue weighted by Gasteiger charge is 2.15. The van der Waals surface area contributed by atoms with Crippen molar-refractivity contribution >= 4 is 21.4 Å². The molecule has 0 aliphatic rings. The minimum Gasteiger partial charge on any atom is -0.205 e. The molecule has 0 saturated carbocycles. The third-order valence-corrected chi connectivity index (χ3v) is 3.23. The first kappa shape index (κ1) is 9.59. The first-order valence-electron chi connectivity index (χ1n) is 4.36. The van der Waals surface area contributed by atoms with Crippen LogP contribution in [0.15, 0.2) is 17.5 Å². The number of hydrogen-bond acceptors (Lipinski definition) is 1. The molecule has 2 aromatic rings. The molecule has 0 aliphatic heterocycles. The van der Waals surface area contributed by atoms with Crippen LogP contribution in [0, 0.1) is 13.8 Å². The Kier molecular flexibility index (Phi) is 2.27. The third kappa shape index (κ3) is 1.42. The molecule has 1 aromatic carbocycles. The smallest absolute Gasteiger partial charge is 0.205 e. The lowest BCUT2D eigenvalue weighted by atomic mass is 10.1. The van der Waals surface area contributed by atoms with Gasteiger partial charge in [-0.25, -0.2) is 8.78 Å². The van der Waals surface area contributed by atoms with E-state index in [1.807, 2.05) is 26.0 Å². The van der Waals surface area contributed by atoms with Crippen LogP contribution in [0.2, 0.25) is 0 Å². The second kappa shape index (κ2) is 3.31. The number of alkyl halides is 2. The van der Waals surface area contributed by atoms with Crippen LogP contribution in [0.5, 0.6) is 0 Å². The second-order valence-corrected chi connectivity index (χ2v) is 4.36. The number of halogens is 2. The van der Waals surface area contributed by atoms with Gasteiger partial charge in [0.1, 0.15) is 0 Å². The van der Waals surface area contributed by atoms with Gasteiger partial charge in [0, 0.05) is 21.0 Å². The van der Waals surface area contributed by atoms with Crippen LogP contribution in [-0.2, 0) is 0 Å². The van der Waals surface area contributed by atoms with Gasteiger partial charge in [-0.1, -0.05) is 6.07 Å². The highest BCUT2D eigenvalue weighted by molar-refractivity contribution is 7.17. The van der Waals surface area contributed by atoms with Crippen molar-refractivity contribution in [3.05, 3.63) is 34.2 Å². The molecule has 0 fully saturated rings. The average Bonchev–Trinajstić information content (AvgIpc) is 2.47. The summed E-state index contributed by atoms with van der Waals surface area (Å²) < 4.78 is 26.2. The SMILES string of the molecule is Cc1cc(C)c2c(C(F)F)csc2c1. The molecule has 0 spiro atoms. The van der Waals surface area contributed by atoms with Crippen LogP contribution in [-0.4, -0.2) is 0 Å². The summed E-state index contributed by atoms with van der Waals surface area (Å²) >= 11 is 1.39. The van der Waals surface area contributed by atoms with Crippen molar-refractivity contribution in [1.82, 2.24) is 0 Å². The quantitative estimate of drug-likeness (QED) is 0.654. The fourth-order valence-corrected chi connectivity index (χ4v) is 2.86. The summed E-state index contributed by atoms with van der Waals surface area (Å²) in [7, 11) is 0. The number of rotatable bonds is 1. The van der Waals surface area contributed by atoms with Crippen molar-refractivity contribution < 1.29 is 8.78 Å². The van der Waals surface area contributed by atoms with Gasteiger partial charge in [-0.05, 0) is 31.0 Å². The van der Waals surface area contributed by atoms with Gasteiger partial charge in [-0.3, -0.25) is 0 Å². The van der Waals surface area contributed by atoms with Crippen LogP contribution >= 0.6 is 11.3 Å². The van der Waals surface area contributed by atoms with E-state index in [2.05, 4.69) is 0 Å². The molecular weight excluding hydrogens is 202 g/mol. The van der Waals surface area contributed by atoms with E-state index in [0.717, 1.165) is 21.2 Å². The molecule has 0 atom stereocenters. The first-order chi connectivity index (χ1) is 6.59. The van der Waals surface area contributed by atoms with Crippen LogP contribution < -0.4 is 0 Å². The fraction of sp³-hybridized carbons (Fsp3) is 0.273. The molecule has 74 valence electrons. The Morgan fingerprint density at radius 3 is 2.57 bits per heavy atom. The van der Waals surface area contributed by atoms with Gasteiger partial charge in [0.05, 0.1) is 0 Å². The Balaban J connectivity index is 2.79. The highest BCUT2D eigenvalue weighted by atomic mass is 32.1. The Morgan fingerprint density at radius 1 is 1.21 bits per heavy atom. The Hall–Kier alpha value is -0.960. The van der Waals surface area contributed by atoms with Gasteiger partial charge in [0.25, 0.3) is 6.43 Å². The van der Waals surface area contributed by atoms with Crippen molar-refractivity contribution in [3.8, 4) is 0 Å². The van der Waals surface area contributed by atoms with E-state index in [1.54, 1.807) is 5.38 Å². The normalized spacial score (nSPS) is 11.5. The predicted molar refractivity (Wildman–Crippen MR) is 56.3 cm³/mol. The number of benzene rings is 1. The topological polar surface area (TPSA) is 0 Å². The molecule has 1 heterocycles. The Labute approximate surface area is 85.2 Å². The molecule has 0 saturated heterocycles. The summed E-state index contributed by atoms with van der Waals surface area (Å²) in [6, 6.07) is 3.90. The van der Waals surface area contributed by atoms with E-state index in [4.69, 9.17) is 0 Å². The third-order valence-electron chi connectivity index (χ3n) is 2.28. The molecular formula is C11H10F2S. The standard InChI is InChI=1S/C11H10F2S/c1-6-3-7(2)10-8(11(12)13)5-14-9(10)4-6/h3-5,11H,1-2H3. The lowest BCUT2D eigenvalue weighted by Crippen LogP contribution is -1.84. The van der Waals surface area contributed by atoms with E-state index < -0.39 is 6.43 Å². The number of aryl methyl sites for hydroxylation is 2. The number of fused-ring (bicyclic) bond motifs is 1. The van der Waals surface area contributed by atoms with E-state index in [-0.39, 0.29) is 5.56 Å². The largest absolute Gasteiger partial charge is 0.265 e. The molecule has 14 heavy (non-hydrogen) atoms. The van der Waals surface area contributed by atoms with Gasteiger partial charge >= 0.3 is 0 Å². The van der Waals surface area contributed by atoms with Crippen LogP contribution in [0.1, 0.15) is 23.1 Å². The predicted octanol–water partition coefficient (Wildman–Crippen LogP) is 4.46. The van der Waals surface area contributed by atoms with Gasteiger partial charge in [-0.15, -0.1) is 11.3 Å². The van der Waals surface area contributed by atoms with Crippen molar-refractivity contribution in [2.75, 3.05) is 0 Å². The van der Waals surface area contributed by atoms with Crippen molar-refractivity contribution in [3.63, 3.8) is 0 Å². The molecule has 2 rings (SSSR count). The molecule has 0 nitrogen and oxygen atoms in total. The van der Waals surface area contributed by atoms with Gasteiger partial charge in [0.2, 0.25) is 0 Å². The summed E-state index contributed by atoms with van der Waals surface area (Å²) in [5.74, 6) is 0. The zero-order valence-corrected chi connectivity index (χ0v) is 8.79. The van der Waals surface area contributed by atoms with E-state index in [9.17, 15) is 8.78 Å². The van der Waals surface area contributed by atoms with E-state index in [0.29, 0.717) is 0 Å². The summed E-state index contributed by atoms with van der Waals surface area (Å²) in [6.45, 7) is 3.86.